The standard InChI is InChI=1S/C10H11N3OS/c1-3-13-5-8(4-11-13)10(14)9-6-15-7(2)12-9/h4-6H,3H2,1-2H3. The first-order chi connectivity index (χ1) is 7.20. The summed E-state index contributed by atoms with van der Waals surface area (Å²) in [5.74, 6) is -0.0564. The smallest absolute Gasteiger partial charge is 0.215 e. The minimum Gasteiger partial charge on any atom is -0.287 e. The van der Waals surface area contributed by atoms with Crippen molar-refractivity contribution in [2.24, 2.45) is 0 Å². The molecule has 0 unspecified atom stereocenters. The number of carbonyl (C=O) groups is 1. The molecule has 15 heavy (non-hydrogen) atoms. The summed E-state index contributed by atoms with van der Waals surface area (Å²) in [4.78, 5) is 16.0. The monoisotopic (exact) mass is 221 g/mol. The molecule has 2 rings (SSSR count). The topological polar surface area (TPSA) is 47.8 Å². The van der Waals surface area contributed by atoms with Crippen LogP contribution in [0, 0.1) is 6.92 Å². The summed E-state index contributed by atoms with van der Waals surface area (Å²) in [6, 6.07) is 0. The van der Waals surface area contributed by atoms with Gasteiger partial charge in [0.25, 0.3) is 0 Å². The summed E-state index contributed by atoms with van der Waals surface area (Å²) in [7, 11) is 0. The quantitative estimate of drug-likeness (QED) is 0.744. The second-order valence-electron chi connectivity index (χ2n) is 3.17. The molecule has 0 N–H and O–H groups in total. The average molecular weight is 221 g/mol. The SMILES string of the molecule is CCn1cc(C(=O)c2csc(C)n2)cn1. The fraction of sp³-hybridized carbons (Fsp3) is 0.300. The van der Waals surface area contributed by atoms with Crippen molar-refractivity contribution in [1.82, 2.24) is 14.8 Å². The van der Waals surface area contributed by atoms with Gasteiger partial charge in [0.15, 0.2) is 0 Å². The summed E-state index contributed by atoms with van der Waals surface area (Å²) in [6.07, 6.45) is 3.33. The second-order valence-corrected chi connectivity index (χ2v) is 4.23. The maximum atomic E-state index is 11.9. The van der Waals surface area contributed by atoms with Gasteiger partial charge < -0.3 is 0 Å². The molecule has 0 fully saturated rings. The number of nitrogens with zero attached hydrogens (tertiary/aromatic N) is 3. The minimum atomic E-state index is -0.0564. The molecule has 2 aromatic heterocycles. The van der Waals surface area contributed by atoms with Crippen molar-refractivity contribution in [2.45, 2.75) is 20.4 Å². The number of carbonyl (C=O) groups excluding carboxylic acids is 1. The van der Waals surface area contributed by atoms with Crippen LogP contribution < -0.4 is 0 Å². The molecule has 0 saturated carbocycles. The Kier molecular flexibility index (Phi) is 2.64. The third-order valence-corrected chi connectivity index (χ3v) is 2.84. The molecule has 0 bridgehead atoms. The van der Waals surface area contributed by atoms with Crippen LogP contribution in [0.1, 0.15) is 28.0 Å². The van der Waals surface area contributed by atoms with Crippen LogP contribution in [0.3, 0.4) is 0 Å². The van der Waals surface area contributed by atoms with Crippen LogP contribution in [0.15, 0.2) is 17.8 Å². The molecule has 0 aliphatic carbocycles. The predicted molar refractivity (Wildman–Crippen MR) is 58.2 cm³/mol. The van der Waals surface area contributed by atoms with Gasteiger partial charge in [0, 0.05) is 18.1 Å². The van der Waals surface area contributed by atoms with Crippen molar-refractivity contribution >= 4 is 17.1 Å². The van der Waals surface area contributed by atoms with E-state index in [0.29, 0.717) is 11.3 Å². The van der Waals surface area contributed by atoms with Gasteiger partial charge >= 0.3 is 0 Å². The first kappa shape index (κ1) is 10.0. The fourth-order valence-electron chi connectivity index (χ4n) is 1.27. The fourth-order valence-corrected chi connectivity index (χ4v) is 1.86. The molecule has 0 atom stereocenters. The molecule has 0 aromatic carbocycles. The summed E-state index contributed by atoms with van der Waals surface area (Å²) < 4.78 is 1.73. The molecule has 2 aromatic rings. The number of aromatic nitrogens is 3. The lowest BCUT2D eigenvalue weighted by Crippen LogP contribution is -2.00. The Morgan fingerprint density at radius 3 is 2.93 bits per heavy atom. The Balaban J connectivity index is 2.28. The van der Waals surface area contributed by atoms with Crippen molar-refractivity contribution in [3.63, 3.8) is 0 Å². The van der Waals surface area contributed by atoms with E-state index in [1.165, 1.54) is 11.3 Å². The van der Waals surface area contributed by atoms with Gasteiger partial charge in [0.05, 0.1) is 16.8 Å². The lowest BCUT2D eigenvalue weighted by Gasteiger charge is -1.92. The first-order valence-electron chi connectivity index (χ1n) is 4.70. The van der Waals surface area contributed by atoms with E-state index in [0.717, 1.165) is 11.6 Å². The van der Waals surface area contributed by atoms with Crippen LogP contribution in [0.4, 0.5) is 0 Å². The highest BCUT2D eigenvalue weighted by Gasteiger charge is 2.13. The Morgan fingerprint density at radius 2 is 2.40 bits per heavy atom. The predicted octanol–water partition coefficient (Wildman–Crippen LogP) is 1.90. The first-order valence-corrected chi connectivity index (χ1v) is 5.58. The van der Waals surface area contributed by atoms with E-state index < -0.39 is 0 Å². The number of hydrogen-bond donors (Lipinski definition) is 0. The summed E-state index contributed by atoms with van der Waals surface area (Å²) in [6.45, 7) is 4.63. The number of aryl methyl sites for hydroxylation is 2. The highest BCUT2D eigenvalue weighted by molar-refractivity contribution is 7.09. The van der Waals surface area contributed by atoms with Gasteiger partial charge in [0.1, 0.15) is 5.69 Å². The molecule has 0 radical (unpaired) electrons. The Morgan fingerprint density at radius 1 is 1.60 bits per heavy atom. The third kappa shape index (κ3) is 1.97. The molecule has 5 heteroatoms. The van der Waals surface area contributed by atoms with Crippen molar-refractivity contribution in [1.29, 1.82) is 0 Å². The third-order valence-electron chi connectivity index (χ3n) is 2.07. The molecule has 0 aliphatic rings. The van der Waals surface area contributed by atoms with E-state index in [1.54, 1.807) is 22.5 Å². The zero-order valence-electron chi connectivity index (χ0n) is 8.60. The number of thiazole rings is 1. The van der Waals surface area contributed by atoms with Crippen molar-refractivity contribution in [3.05, 3.63) is 34.0 Å². The number of hydrogen-bond acceptors (Lipinski definition) is 4. The zero-order valence-corrected chi connectivity index (χ0v) is 9.41. The normalized spacial score (nSPS) is 10.5. The van der Waals surface area contributed by atoms with Crippen molar-refractivity contribution < 1.29 is 4.79 Å². The second kappa shape index (κ2) is 3.94. The van der Waals surface area contributed by atoms with E-state index in [9.17, 15) is 4.79 Å². The van der Waals surface area contributed by atoms with Gasteiger partial charge in [-0.05, 0) is 13.8 Å². The van der Waals surface area contributed by atoms with Gasteiger partial charge in [-0.3, -0.25) is 9.48 Å². The number of ketones is 1. The van der Waals surface area contributed by atoms with E-state index in [2.05, 4.69) is 10.1 Å². The van der Waals surface area contributed by atoms with Gasteiger partial charge in [-0.15, -0.1) is 11.3 Å². The van der Waals surface area contributed by atoms with Crippen molar-refractivity contribution in [2.75, 3.05) is 0 Å². The maximum absolute atomic E-state index is 11.9. The molecular weight excluding hydrogens is 210 g/mol. The van der Waals surface area contributed by atoms with Crippen LogP contribution in [-0.2, 0) is 6.54 Å². The van der Waals surface area contributed by atoms with Gasteiger partial charge in [-0.25, -0.2) is 4.98 Å². The summed E-state index contributed by atoms with van der Waals surface area (Å²) in [5, 5.41) is 6.74. The minimum absolute atomic E-state index is 0.0564. The molecule has 0 spiro atoms. The number of rotatable bonds is 3. The van der Waals surface area contributed by atoms with Gasteiger partial charge in [-0.1, -0.05) is 0 Å². The molecule has 0 saturated heterocycles. The van der Waals surface area contributed by atoms with Crippen LogP contribution in [-0.4, -0.2) is 20.5 Å². The van der Waals surface area contributed by atoms with E-state index >= 15 is 0 Å². The zero-order chi connectivity index (χ0) is 10.8. The molecule has 78 valence electrons. The van der Waals surface area contributed by atoms with Crippen LogP contribution in [0.5, 0.6) is 0 Å². The molecular formula is C10H11N3OS. The van der Waals surface area contributed by atoms with E-state index in [1.807, 2.05) is 13.8 Å². The molecule has 2 heterocycles. The Hall–Kier alpha value is -1.49. The van der Waals surface area contributed by atoms with Crippen molar-refractivity contribution in [3.8, 4) is 0 Å². The highest BCUT2D eigenvalue weighted by atomic mass is 32.1. The van der Waals surface area contributed by atoms with Crippen LogP contribution in [0.2, 0.25) is 0 Å². The van der Waals surface area contributed by atoms with Crippen LogP contribution in [0.25, 0.3) is 0 Å². The molecule has 4 nitrogen and oxygen atoms in total. The lowest BCUT2D eigenvalue weighted by molar-refractivity contribution is 0.103. The Bertz CT molecular complexity index is 486. The van der Waals surface area contributed by atoms with E-state index in [-0.39, 0.29) is 5.78 Å². The summed E-state index contributed by atoms with van der Waals surface area (Å²) in [5.41, 5.74) is 1.11. The largest absolute Gasteiger partial charge is 0.287 e. The van der Waals surface area contributed by atoms with Crippen LogP contribution >= 0.6 is 11.3 Å². The molecule has 0 amide bonds. The lowest BCUT2D eigenvalue weighted by atomic mass is 10.2. The van der Waals surface area contributed by atoms with Gasteiger partial charge in [0.2, 0.25) is 5.78 Å². The average Bonchev–Trinajstić information content (AvgIpc) is 2.84. The molecule has 0 aliphatic heterocycles. The van der Waals surface area contributed by atoms with E-state index in [4.69, 9.17) is 0 Å². The highest BCUT2D eigenvalue weighted by Crippen LogP contribution is 2.12. The maximum Gasteiger partial charge on any atom is 0.215 e. The summed E-state index contributed by atoms with van der Waals surface area (Å²) >= 11 is 1.48. The Labute approximate surface area is 91.6 Å². The van der Waals surface area contributed by atoms with Gasteiger partial charge in [-0.2, -0.15) is 5.10 Å².